The van der Waals surface area contributed by atoms with Gasteiger partial charge in [-0.3, -0.25) is 4.79 Å². The molecule has 2 aromatic carbocycles. The number of hydrogen-bond acceptors (Lipinski definition) is 4. The van der Waals surface area contributed by atoms with Gasteiger partial charge in [0.25, 0.3) is 5.91 Å². The summed E-state index contributed by atoms with van der Waals surface area (Å²) >= 11 is 5.79. The van der Waals surface area contributed by atoms with Crippen LogP contribution in [0.5, 0.6) is 0 Å². The van der Waals surface area contributed by atoms with Crippen LogP contribution >= 0.6 is 11.6 Å². The Hall–Kier alpha value is -2.53. The number of anilines is 2. The second-order valence-corrected chi connectivity index (χ2v) is 5.75. The first kappa shape index (κ1) is 17.8. The first-order valence-corrected chi connectivity index (χ1v) is 7.90. The minimum atomic E-state index is -0.667. The van der Waals surface area contributed by atoms with Gasteiger partial charge in [0.15, 0.2) is 6.61 Å². The topological polar surface area (TPSA) is 81.4 Å². The van der Waals surface area contributed by atoms with Crippen molar-refractivity contribution >= 4 is 34.9 Å². The predicted molar refractivity (Wildman–Crippen MR) is 95.3 cm³/mol. The van der Waals surface area contributed by atoms with Crippen LogP contribution in [0, 0.1) is 6.92 Å². The third-order valence-corrected chi connectivity index (χ3v) is 3.81. The van der Waals surface area contributed by atoms with E-state index in [0.717, 1.165) is 23.2 Å². The number of carbonyl (C=O) groups is 2. The maximum absolute atomic E-state index is 12.1. The minimum absolute atomic E-state index is 0.178. The molecule has 1 amide bonds. The minimum Gasteiger partial charge on any atom is -0.452 e. The Morgan fingerprint density at radius 2 is 2.00 bits per heavy atom. The zero-order valence-corrected chi connectivity index (χ0v) is 14.3. The summed E-state index contributed by atoms with van der Waals surface area (Å²) in [6.45, 7) is 3.53. The van der Waals surface area contributed by atoms with Gasteiger partial charge in [-0.15, -0.1) is 0 Å². The van der Waals surface area contributed by atoms with Crippen LogP contribution in [-0.4, -0.2) is 18.5 Å². The molecule has 0 saturated carbocycles. The van der Waals surface area contributed by atoms with Gasteiger partial charge in [0.2, 0.25) is 0 Å². The molecule has 0 saturated heterocycles. The van der Waals surface area contributed by atoms with Crippen LogP contribution in [0.2, 0.25) is 5.02 Å². The van der Waals surface area contributed by atoms with E-state index in [1.807, 2.05) is 32.0 Å². The van der Waals surface area contributed by atoms with Crippen LogP contribution in [-0.2, 0) is 16.0 Å². The predicted octanol–water partition coefficient (Wildman–Crippen LogP) is 3.59. The number of carbonyl (C=O) groups excluding carboxylic acids is 2. The molecule has 0 aliphatic rings. The fourth-order valence-electron chi connectivity index (χ4n) is 2.31. The average molecular weight is 347 g/mol. The van der Waals surface area contributed by atoms with Crippen molar-refractivity contribution in [1.29, 1.82) is 0 Å². The number of esters is 1. The van der Waals surface area contributed by atoms with Gasteiger partial charge in [0, 0.05) is 16.4 Å². The lowest BCUT2D eigenvalue weighted by molar-refractivity contribution is -0.119. The van der Waals surface area contributed by atoms with Gasteiger partial charge in [-0.2, -0.15) is 0 Å². The summed E-state index contributed by atoms with van der Waals surface area (Å²) in [4.78, 5) is 24.1. The van der Waals surface area contributed by atoms with E-state index in [0.29, 0.717) is 5.02 Å². The van der Waals surface area contributed by atoms with Crippen molar-refractivity contribution in [3.8, 4) is 0 Å². The molecule has 0 aliphatic heterocycles. The maximum Gasteiger partial charge on any atom is 0.340 e. The SMILES string of the molecule is CCc1cccc(C)c1NC(=O)COC(=O)c1ccc(Cl)cc1N. The molecule has 0 atom stereocenters. The third kappa shape index (κ3) is 4.26. The molecule has 0 aromatic heterocycles. The molecule has 24 heavy (non-hydrogen) atoms. The molecule has 0 radical (unpaired) electrons. The number of rotatable bonds is 5. The fourth-order valence-corrected chi connectivity index (χ4v) is 2.49. The fraction of sp³-hybridized carbons (Fsp3) is 0.222. The number of para-hydroxylation sites is 1. The number of amides is 1. The Morgan fingerprint density at radius 3 is 2.67 bits per heavy atom. The van der Waals surface area contributed by atoms with Gasteiger partial charge in [-0.25, -0.2) is 4.79 Å². The summed E-state index contributed by atoms with van der Waals surface area (Å²) < 4.78 is 5.02. The molecule has 6 heteroatoms. The number of nitrogens with one attached hydrogen (secondary N) is 1. The highest BCUT2D eigenvalue weighted by molar-refractivity contribution is 6.31. The molecule has 2 aromatic rings. The monoisotopic (exact) mass is 346 g/mol. The molecular formula is C18H19ClN2O3. The Labute approximate surface area is 145 Å². The highest BCUT2D eigenvalue weighted by Gasteiger charge is 2.15. The number of hydrogen-bond donors (Lipinski definition) is 2. The molecular weight excluding hydrogens is 328 g/mol. The van der Waals surface area contributed by atoms with E-state index in [9.17, 15) is 9.59 Å². The van der Waals surface area contributed by atoms with Crippen molar-refractivity contribution in [1.82, 2.24) is 0 Å². The lowest BCUT2D eigenvalue weighted by atomic mass is 10.1. The first-order valence-electron chi connectivity index (χ1n) is 7.52. The second kappa shape index (κ2) is 7.84. The summed E-state index contributed by atoms with van der Waals surface area (Å²) in [5, 5.41) is 3.22. The Kier molecular flexibility index (Phi) is 5.82. The van der Waals surface area contributed by atoms with Gasteiger partial charge in [-0.05, 0) is 42.7 Å². The van der Waals surface area contributed by atoms with E-state index in [1.54, 1.807) is 0 Å². The van der Waals surface area contributed by atoms with Crippen LogP contribution in [0.3, 0.4) is 0 Å². The van der Waals surface area contributed by atoms with E-state index in [4.69, 9.17) is 22.1 Å². The normalized spacial score (nSPS) is 10.3. The van der Waals surface area contributed by atoms with Crippen molar-refractivity contribution < 1.29 is 14.3 Å². The molecule has 0 bridgehead atoms. The largest absolute Gasteiger partial charge is 0.452 e. The van der Waals surface area contributed by atoms with Gasteiger partial charge in [0.05, 0.1) is 5.56 Å². The van der Waals surface area contributed by atoms with E-state index in [-0.39, 0.29) is 11.3 Å². The number of benzene rings is 2. The van der Waals surface area contributed by atoms with Crippen molar-refractivity contribution in [2.75, 3.05) is 17.7 Å². The van der Waals surface area contributed by atoms with Gasteiger partial charge in [-0.1, -0.05) is 36.7 Å². The summed E-state index contributed by atoms with van der Waals surface area (Å²) in [6.07, 6.45) is 0.790. The zero-order valence-electron chi connectivity index (χ0n) is 13.6. The quantitative estimate of drug-likeness (QED) is 0.640. The van der Waals surface area contributed by atoms with Crippen molar-refractivity contribution in [2.45, 2.75) is 20.3 Å². The zero-order chi connectivity index (χ0) is 17.7. The number of nitrogens with two attached hydrogens (primary N) is 1. The highest BCUT2D eigenvalue weighted by atomic mass is 35.5. The van der Waals surface area contributed by atoms with Gasteiger partial charge in [0.1, 0.15) is 0 Å². The molecule has 126 valence electrons. The van der Waals surface area contributed by atoms with Crippen LogP contribution in [0.15, 0.2) is 36.4 Å². The van der Waals surface area contributed by atoms with Crippen LogP contribution in [0.1, 0.15) is 28.4 Å². The molecule has 0 spiro atoms. The number of nitrogen functional groups attached to an aromatic ring is 1. The number of halogens is 1. The first-order chi connectivity index (χ1) is 11.4. The van der Waals surface area contributed by atoms with E-state index >= 15 is 0 Å². The summed E-state index contributed by atoms with van der Waals surface area (Å²) in [6, 6.07) is 10.3. The van der Waals surface area contributed by atoms with Crippen molar-refractivity contribution in [3.05, 3.63) is 58.1 Å². The molecule has 0 heterocycles. The smallest absolute Gasteiger partial charge is 0.340 e. The van der Waals surface area contributed by atoms with Crippen molar-refractivity contribution in [3.63, 3.8) is 0 Å². The number of ether oxygens (including phenoxy) is 1. The second-order valence-electron chi connectivity index (χ2n) is 5.32. The Bertz CT molecular complexity index is 775. The van der Waals surface area contributed by atoms with E-state index in [1.165, 1.54) is 18.2 Å². The molecule has 0 aliphatic carbocycles. The third-order valence-electron chi connectivity index (χ3n) is 3.57. The van der Waals surface area contributed by atoms with Crippen LogP contribution < -0.4 is 11.1 Å². The highest BCUT2D eigenvalue weighted by Crippen LogP contribution is 2.21. The molecule has 0 unspecified atom stereocenters. The van der Waals surface area contributed by atoms with Crippen LogP contribution in [0.4, 0.5) is 11.4 Å². The van der Waals surface area contributed by atoms with Crippen LogP contribution in [0.25, 0.3) is 0 Å². The maximum atomic E-state index is 12.1. The van der Waals surface area contributed by atoms with Crippen molar-refractivity contribution in [2.24, 2.45) is 0 Å². The molecule has 5 nitrogen and oxygen atoms in total. The van der Waals surface area contributed by atoms with E-state index in [2.05, 4.69) is 5.32 Å². The van der Waals surface area contributed by atoms with Gasteiger partial charge >= 0.3 is 5.97 Å². The van der Waals surface area contributed by atoms with Gasteiger partial charge < -0.3 is 15.8 Å². The lowest BCUT2D eigenvalue weighted by Gasteiger charge is -2.13. The molecule has 0 fully saturated rings. The standard InChI is InChI=1S/C18H19ClN2O3/c1-3-12-6-4-5-11(2)17(12)21-16(22)10-24-18(23)14-8-7-13(19)9-15(14)20/h4-9H,3,10,20H2,1-2H3,(H,21,22). The molecule has 2 rings (SSSR count). The molecule has 3 N–H and O–H groups in total. The summed E-state index contributed by atoms with van der Waals surface area (Å²) in [5.74, 6) is -1.07. The summed E-state index contributed by atoms with van der Waals surface area (Å²) in [5.41, 5.74) is 8.85. The Morgan fingerprint density at radius 1 is 1.25 bits per heavy atom. The summed E-state index contributed by atoms with van der Waals surface area (Å²) in [7, 11) is 0. The van der Waals surface area contributed by atoms with E-state index < -0.39 is 18.5 Å². The lowest BCUT2D eigenvalue weighted by Crippen LogP contribution is -2.22. The number of aryl methyl sites for hydroxylation is 2. The average Bonchev–Trinajstić information content (AvgIpc) is 2.54. The Balaban J connectivity index is 2.00.